The standard InChI is InChI=1S/C14H19NO4/c16-14(17)5-8-19-13-3-1-12(2-4-13)11-15-6-9-18-10-7-15/h1-4H,5-11H2,(H,16,17). The van der Waals surface area contributed by atoms with Crippen LogP contribution in [0.3, 0.4) is 0 Å². The van der Waals surface area contributed by atoms with Crippen LogP contribution < -0.4 is 4.74 Å². The molecule has 0 spiro atoms. The fraction of sp³-hybridized carbons (Fsp3) is 0.500. The van der Waals surface area contributed by atoms with Crippen molar-refractivity contribution in [2.45, 2.75) is 13.0 Å². The number of carbonyl (C=O) groups is 1. The van der Waals surface area contributed by atoms with Crippen molar-refractivity contribution in [3.8, 4) is 5.75 Å². The molecule has 1 N–H and O–H groups in total. The van der Waals surface area contributed by atoms with Gasteiger partial charge in [-0.15, -0.1) is 0 Å². The molecule has 1 aliphatic heterocycles. The largest absolute Gasteiger partial charge is 0.493 e. The topological polar surface area (TPSA) is 59.0 Å². The molecule has 5 nitrogen and oxygen atoms in total. The number of hydrogen-bond acceptors (Lipinski definition) is 4. The van der Waals surface area contributed by atoms with Crippen LogP contribution in [-0.4, -0.2) is 48.9 Å². The number of morpholine rings is 1. The summed E-state index contributed by atoms with van der Waals surface area (Å²) in [5.41, 5.74) is 1.23. The number of hydrogen-bond donors (Lipinski definition) is 1. The first-order valence-electron chi connectivity index (χ1n) is 6.48. The van der Waals surface area contributed by atoms with Crippen LogP contribution >= 0.6 is 0 Å². The van der Waals surface area contributed by atoms with Crippen LogP contribution in [0.25, 0.3) is 0 Å². The fourth-order valence-electron chi connectivity index (χ4n) is 1.96. The van der Waals surface area contributed by atoms with Crippen molar-refractivity contribution in [1.29, 1.82) is 0 Å². The van der Waals surface area contributed by atoms with Crippen molar-refractivity contribution in [3.63, 3.8) is 0 Å². The highest BCUT2D eigenvalue weighted by atomic mass is 16.5. The SMILES string of the molecule is O=C(O)CCOc1ccc(CN2CCOCC2)cc1. The Kier molecular flexibility index (Phi) is 5.18. The van der Waals surface area contributed by atoms with E-state index in [0.717, 1.165) is 32.8 Å². The Morgan fingerprint density at radius 2 is 1.95 bits per heavy atom. The van der Waals surface area contributed by atoms with Crippen LogP contribution in [0.2, 0.25) is 0 Å². The fourth-order valence-corrected chi connectivity index (χ4v) is 1.96. The lowest BCUT2D eigenvalue weighted by atomic mass is 10.2. The Morgan fingerprint density at radius 3 is 2.58 bits per heavy atom. The van der Waals surface area contributed by atoms with Crippen molar-refractivity contribution in [2.75, 3.05) is 32.9 Å². The van der Waals surface area contributed by atoms with Crippen molar-refractivity contribution >= 4 is 5.97 Å². The molecule has 0 unspecified atom stereocenters. The molecule has 0 radical (unpaired) electrons. The second-order valence-corrected chi connectivity index (χ2v) is 4.52. The van der Waals surface area contributed by atoms with E-state index >= 15 is 0 Å². The van der Waals surface area contributed by atoms with Gasteiger partial charge in [-0.1, -0.05) is 12.1 Å². The third kappa shape index (κ3) is 4.89. The summed E-state index contributed by atoms with van der Waals surface area (Å²) in [5, 5.41) is 8.52. The summed E-state index contributed by atoms with van der Waals surface area (Å²) in [6.07, 6.45) is 0.0233. The molecule has 0 amide bonds. The predicted molar refractivity (Wildman–Crippen MR) is 70.3 cm³/mol. The molecule has 1 aliphatic rings. The quantitative estimate of drug-likeness (QED) is 0.842. The van der Waals surface area contributed by atoms with E-state index in [0.29, 0.717) is 5.75 Å². The lowest BCUT2D eigenvalue weighted by Crippen LogP contribution is -2.35. The minimum atomic E-state index is -0.844. The molecule has 2 rings (SSSR count). The molecule has 0 saturated carbocycles. The first-order chi connectivity index (χ1) is 9.24. The summed E-state index contributed by atoms with van der Waals surface area (Å²) >= 11 is 0. The third-order valence-electron chi connectivity index (χ3n) is 3.02. The van der Waals surface area contributed by atoms with Crippen LogP contribution in [0.1, 0.15) is 12.0 Å². The highest BCUT2D eigenvalue weighted by Crippen LogP contribution is 2.14. The van der Waals surface area contributed by atoms with Gasteiger partial charge >= 0.3 is 5.97 Å². The lowest BCUT2D eigenvalue weighted by Gasteiger charge is -2.26. The maximum absolute atomic E-state index is 10.4. The van der Waals surface area contributed by atoms with Gasteiger partial charge in [0, 0.05) is 19.6 Å². The molecule has 1 saturated heterocycles. The monoisotopic (exact) mass is 265 g/mol. The zero-order valence-corrected chi connectivity index (χ0v) is 10.9. The van der Waals surface area contributed by atoms with Crippen LogP contribution in [-0.2, 0) is 16.1 Å². The molecular formula is C14H19NO4. The van der Waals surface area contributed by atoms with Gasteiger partial charge in [0.15, 0.2) is 0 Å². The van der Waals surface area contributed by atoms with Crippen molar-refractivity contribution in [1.82, 2.24) is 4.90 Å². The third-order valence-corrected chi connectivity index (χ3v) is 3.02. The Hall–Kier alpha value is -1.59. The molecule has 0 bridgehead atoms. The smallest absolute Gasteiger partial charge is 0.306 e. The number of benzene rings is 1. The van der Waals surface area contributed by atoms with Crippen LogP contribution in [0.4, 0.5) is 0 Å². The number of ether oxygens (including phenoxy) is 2. The zero-order valence-electron chi connectivity index (χ0n) is 10.9. The van der Waals surface area contributed by atoms with Crippen LogP contribution in [0.5, 0.6) is 5.75 Å². The van der Waals surface area contributed by atoms with E-state index in [4.69, 9.17) is 14.6 Å². The van der Waals surface area contributed by atoms with Gasteiger partial charge < -0.3 is 14.6 Å². The molecule has 1 aromatic carbocycles. The maximum Gasteiger partial charge on any atom is 0.306 e. The Labute approximate surface area is 112 Å². The van der Waals surface area contributed by atoms with E-state index in [9.17, 15) is 4.79 Å². The number of carboxylic acid groups (broad SMARTS) is 1. The van der Waals surface area contributed by atoms with Gasteiger partial charge in [0.25, 0.3) is 0 Å². The highest BCUT2D eigenvalue weighted by molar-refractivity contribution is 5.66. The summed E-state index contributed by atoms with van der Waals surface area (Å²) in [6.45, 7) is 4.66. The first-order valence-corrected chi connectivity index (χ1v) is 6.48. The second kappa shape index (κ2) is 7.11. The minimum absolute atomic E-state index is 0.0233. The lowest BCUT2D eigenvalue weighted by molar-refractivity contribution is -0.137. The summed E-state index contributed by atoms with van der Waals surface area (Å²) in [7, 11) is 0. The molecule has 1 heterocycles. The van der Waals surface area contributed by atoms with Gasteiger partial charge in [0.05, 0.1) is 26.2 Å². The molecule has 0 atom stereocenters. The van der Waals surface area contributed by atoms with Crippen LogP contribution in [0, 0.1) is 0 Å². The van der Waals surface area contributed by atoms with Gasteiger partial charge in [-0.2, -0.15) is 0 Å². The van der Waals surface area contributed by atoms with Gasteiger partial charge in [-0.05, 0) is 17.7 Å². The molecule has 0 aromatic heterocycles. The average Bonchev–Trinajstić information content (AvgIpc) is 2.42. The second-order valence-electron chi connectivity index (χ2n) is 4.52. The van der Waals surface area contributed by atoms with Gasteiger partial charge in [-0.25, -0.2) is 0 Å². The van der Waals surface area contributed by atoms with Crippen molar-refractivity contribution < 1.29 is 19.4 Å². The van der Waals surface area contributed by atoms with Gasteiger partial charge in [-0.3, -0.25) is 9.69 Å². The molecule has 0 aliphatic carbocycles. The number of rotatable bonds is 6. The van der Waals surface area contributed by atoms with E-state index in [-0.39, 0.29) is 13.0 Å². The van der Waals surface area contributed by atoms with E-state index in [1.54, 1.807) is 0 Å². The van der Waals surface area contributed by atoms with Crippen LogP contribution in [0.15, 0.2) is 24.3 Å². The average molecular weight is 265 g/mol. The minimum Gasteiger partial charge on any atom is -0.493 e. The Bertz CT molecular complexity index is 398. The van der Waals surface area contributed by atoms with Crippen molar-refractivity contribution in [3.05, 3.63) is 29.8 Å². The highest BCUT2D eigenvalue weighted by Gasteiger charge is 2.10. The Balaban J connectivity index is 1.78. The van der Waals surface area contributed by atoms with Crippen molar-refractivity contribution in [2.24, 2.45) is 0 Å². The molecule has 5 heteroatoms. The van der Waals surface area contributed by atoms with E-state index in [1.165, 1.54) is 5.56 Å². The molecule has 19 heavy (non-hydrogen) atoms. The number of aliphatic carboxylic acids is 1. The number of nitrogens with zero attached hydrogens (tertiary/aromatic N) is 1. The maximum atomic E-state index is 10.4. The Morgan fingerprint density at radius 1 is 1.26 bits per heavy atom. The zero-order chi connectivity index (χ0) is 13.5. The predicted octanol–water partition coefficient (Wildman–Crippen LogP) is 1.37. The van der Waals surface area contributed by atoms with E-state index < -0.39 is 5.97 Å². The summed E-state index contributed by atoms with van der Waals surface area (Å²) < 4.78 is 10.7. The molecule has 104 valence electrons. The normalized spacial score (nSPS) is 16.2. The molecular weight excluding hydrogens is 246 g/mol. The van der Waals surface area contributed by atoms with Gasteiger partial charge in [0.1, 0.15) is 5.75 Å². The summed E-state index contributed by atoms with van der Waals surface area (Å²) in [6, 6.07) is 7.81. The van der Waals surface area contributed by atoms with E-state index in [1.807, 2.05) is 24.3 Å². The first kappa shape index (κ1) is 13.8. The molecule has 1 fully saturated rings. The summed E-state index contributed by atoms with van der Waals surface area (Å²) in [4.78, 5) is 12.7. The van der Waals surface area contributed by atoms with Gasteiger partial charge in [0.2, 0.25) is 0 Å². The summed E-state index contributed by atoms with van der Waals surface area (Å²) in [5.74, 6) is -0.129. The molecule has 1 aromatic rings. The van der Waals surface area contributed by atoms with E-state index in [2.05, 4.69) is 4.90 Å². The number of carboxylic acids is 1.